The van der Waals surface area contributed by atoms with Crippen LogP contribution in [0, 0.1) is 0 Å². The van der Waals surface area contributed by atoms with Gasteiger partial charge in [-0.15, -0.1) is 0 Å². The second kappa shape index (κ2) is 7.20. The van der Waals surface area contributed by atoms with Gasteiger partial charge in [0.15, 0.2) is 0 Å². The fourth-order valence-corrected chi connectivity index (χ4v) is 0.519. The molecule has 0 aliphatic rings. The van der Waals surface area contributed by atoms with Gasteiger partial charge < -0.3 is 5.73 Å². The second-order valence-electron chi connectivity index (χ2n) is 1.53. The van der Waals surface area contributed by atoms with E-state index in [0.29, 0.717) is 6.54 Å². The third-order valence-corrected chi connectivity index (χ3v) is 0.935. The molecule has 2 N–H and O–H groups in total. The van der Waals surface area contributed by atoms with Crippen LogP contribution in [0.15, 0.2) is 24.4 Å². The van der Waals surface area contributed by atoms with E-state index in [2.05, 4.69) is 14.4 Å². The third kappa shape index (κ3) is 3.99. The van der Waals surface area contributed by atoms with Crippen molar-refractivity contribution in [3.8, 4) is 0 Å². The minimum atomic E-state index is 0.529. The number of nitrogens with zero attached hydrogens (tertiary/aromatic N) is 1. The predicted molar refractivity (Wildman–Crippen MR) is 38.0 cm³/mol. The van der Waals surface area contributed by atoms with E-state index in [1.165, 1.54) is 0 Å². The van der Waals surface area contributed by atoms with E-state index in [1.807, 2.05) is 18.2 Å². The Balaban J connectivity index is 0.000000371. The van der Waals surface area contributed by atoms with Gasteiger partial charge in [-0.2, -0.15) is 0 Å². The number of hydrogen-bond acceptors (Lipinski definition) is 2. The van der Waals surface area contributed by atoms with Crippen molar-refractivity contribution in [1.82, 2.24) is 4.98 Å². The first-order valence-corrected chi connectivity index (χ1v) is 5.47. The van der Waals surface area contributed by atoms with Gasteiger partial charge in [0, 0.05) is 12.7 Å². The summed E-state index contributed by atoms with van der Waals surface area (Å²) in [6.45, 7) is 0.529. The molecule has 0 amide bonds. The molecule has 1 heterocycles. The summed E-state index contributed by atoms with van der Waals surface area (Å²) in [5.74, 6) is 0. The first-order chi connectivity index (χ1) is 4.93. The van der Waals surface area contributed by atoms with Gasteiger partial charge in [0.2, 0.25) is 0 Å². The van der Waals surface area contributed by atoms with E-state index in [1.54, 1.807) is 25.0 Å². The predicted octanol–water partition coefficient (Wildman–Crippen LogP) is 1.23. The van der Waals surface area contributed by atoms with E-state index < -0.39 is 0 Å². The molecule has 2 nitrogen and oxygen atoms in total. The van der Waals surface area contributed by atoms with Gasteiger partial charge in [-0.3, -0.25) is 4.98 Å². The maximum absolute atomic E-state index is 5.29. The van der Waals surface area contributed by atoms with Crippen LogP contribution in [-0.2, 0) is 25.3 Å². The molecule has 0 bridgehead atoms. The molecule has 0 aliphatic heterocycles. The Morgan fingerprint density at radius 3 is 2.50 bits per heavy atom. The van der Waals surface area contributed by atoms with Crippen molar-refractivity contribution in [2.75, 3.05) is 0 Å². The van der Waals surface area contributed by atoms with Crippen molar-refractivity contribution >= 4 is 9.42 Å². The molecule has 0 fully saturated rings. The number of aromatic nitrogens is 1. The zero-order valence-electron chi connectivity index (χ0n) is 5.24. The molecule has 0 atom stereocenters. The van der Waals surface area contributed by atoms with Crippen molar-refractivity contribution < 1.29 is 18.8 Å². The summed E-state index contributed by atoms with van der Waals surface area (Å²) in [6, 6.07) is 5.70. The van der Waals surface area contributed by atoms with Gasteiger partial charge in [-0.25, -0.2) is 0 Å². The Bertz CT molecular complexity index is 157. The summed E-state index contributed by atoms with van der Waals surface area (Å²) in [5.41, 5.74) is 6.22. The van der Waals surface area contributed by atoms with Gasteiger partial charge in [0.1, 0.15) is 0 Å². The molecule has 1 rings (SSSR count). The molecule has 0 saturated heterocycles. The van der Waals surface area contributed by atoms with Crippen LogP contribution < -0.4 is 5.73 Å². The van der Waals surface area contributed by atoms with Crippen LogP contribution in [0.3, 0.4) is 0 Å². The van der Waals surface area contributed by atoms with Gasteiger partial charge >= 0.3 is 28.2 Å². The topological polar surface area (TPSA) is 38.9 Å². The minimum absolute atomic E-state index is 0.529. The summed E-state index contributed by atoms with van der Waals surface area (Å²) in [4.78, 5) is 3.97. The van der Waals surface area contributed by atoms with Crippen molar-refractivity contribution in [3.63, 3.8) is 0 Å². The summed E-state index contributed by atoms with van der Waals surface area (Å²) < 4.78 is 0. The Kier molecular flexibility index (Phi) is 7.26. The average molecular weight is 339 g/mol. The van der Waals surface area contributed by atoms with Gasteiger partial charge in [0.25, 0.3) is 0 Å². The van der Waals surface area contributed by atoms with Crippen LogP contribution in [0.2, 0.25) is 0 Å². The molecular weight excluding hydrogens is 331 g/mol. The van der Waals surface area contributed by atoms with E-state index in [-0.39, 0.29) is 0 Å². The molecule has 0 spiro atoms. The SMILES string of the molecule is NCc1ccccn1.[Cl][Pt]. The van der Waals surface area contributed by atoms with Crippen LogP contribution in [-0.4, -0.2) is 4.98 Å². The summed E-state index contributed by atoms with van der Waals surface area (Å²) in [7, 11) is 4.61. The van der Waals surface area contributed by atoms with E-state index in [9.17, 15) is 0 Å². The van der Waals surface area contributed by atoms with Crippen LogP contribution in [0.5, 0.6) is 0 Å². The Morgan fingerprint density at radius 1 is 1.50 bits per heavy atom. The van der Waals surface area contributed by atoms with Crippen LogP contribution >= 0.6 is 9.42 Å². The Morgan fingerprint density at radius 2 is 2.20 bits per heavy atom. The molecule has 0 saturated carbocycles. The fourth-order valence-electron chi connectivity index (χ4n) is 0.519. The van der Waals surface area contributed by atoms with Crippen molar-refractivity contribution in [2.45, 2.75) is 6.54 Å². The Labute approximate surface area is 75.6 Å². The molecule has 0 aliphatic carbocycles. The quantitative estimate of drug-likeness (QED) is 0.836. The second-order valence-corrected chi connectivity index (χ2v) is 1.53. The average Bonchev–Trinajstić information content (AvgIpc) is 2.10. The molecule has 59 valence electrons. The molecule has 1 aromatic rings. The zero-order valence-corrected chi connectivity index (χ0v) is 8.26. The summed E-state index contributed by atoms with van der Waals surface area (Å²) >= 11 is 1.61. The third-order valence-electron chi connectivity index (χ3n) is 0.935. The maximum atomic E-state index is 5.29. The van der Waals surface area contributed by atoms with Crippen molar-refractivity contribution in [2.24, 2.45) is 5.73 Å². The standard InChI is InChI=1S/C6H8N2.ClH.Pt/c7-5-6-3-1-2-4-8-6;;/h1-4H,5,7H2;1H;/q;;+1/p-1. The number of pyridine rings is 1. The molecule has 4 heteroatoms. The summed E-state index contributed by atoms with van der Waals surface area (Å²) in [5, 5.41) is 0. The van der Waals surface area contributed by atoms with Crippen molar-refractivity contribution in [1.29, 1.82) is 0 Å². The van der Waals surface area contributed by atoms with Crippen LogP contribution in [0.1, 0.15) is 5.69 Å². The van der Waals surface area contributed by atoms with Crippen LogP contribution in [0.25, 0.3) is 0 Å². The van der Waals surface area contributed by atoms with E-state index in [0.717, 1.165) is 5.69 Å². The number of halogens is 1. The van der Waals surface area contributed by atoms with Gasteiger partial charge in [-0.05, 0) is 12.1 Å². The fraction of sp³-hybridized carbons (Fsp3) is 0.167. The molecule has 1 aromatic heterocycles. The summed E-state index contributed by atoms with van der Waals surface area (Å²) in [6.07, 6.45) is 1.74. The Hall–Kier alpha value is 0.0883. The van der Waals surface area contributed by atoms with E-state index >= 15 is 0 Å². The molecule has 10 heavy (non-hydrogen) atoms. The number of rotatable bonds is 1. The molecular formula is C6H8ClN2Pt. The van der Waals surface area contributed by atoms with E-state index in [4.69, 9.17) is 5.73 Å². The number of hydrogen-bond donors (Lipinski definition) is 1. The molecule has 0 aromatic carbocycles. The molecule has 0 radical (unpaired) electrons. The monoisotopic (exact) mass is 338 g/mol. The van der Waals surface area contributed by atoms with Gasteiger partial charge in [0.05, 0.1) is 5.69 Å². The van der Waals surface area contributed by atoms with Gasteiger partial charge in [-0.1, -0.05) is 6.07 Å². The first kappa shape index (κ1) is 10.1. The number of nitrogens with two attached hydrogens (primary N) is 1. The van der Waals surface area contributed by atoms with Crippen molar-refractivity contribution in [3.05, 3.63) is 30.1 Å². The molecule has 0 unspecified atom stereocenters. The zero-order chi connectivity index (χ0) is 7.82. The normalized spacial score (nSPS) is 8.00. The van der Waals surface area contributed by atoms with Crippen LogP contribution in [0.4, 0.5) is 0 Å². The first-order valence-electron chi connectivity index (χ1n) is 2.65.